The van der Waals surface area contributed by atoms with E-state index in [-0.39, 0.29) is 6.04 Å². The van der Waals surface area contributed by atoms with Crippen LogP contribution in [-0.2, 0) is 4.74 Å². The molecule has 2 aromatic rings. The first-order chi connectivity index (χ1) is 8.84. The van der Waals surface area contributed by atoms with Crippen LogP contribution in [-0.4, -0.2) is 24.7 Å². The van der Waals surface area contributed by atoms with Crippen molar-refractivity contribution < 1.29 is 4.74 Å². The van der Waals surface area contributed by atoms with Crippen LogP contribution in [0.2, 0.25) is 0 Å². The molecule has 0 bridgehead atoms. The van der Waals surface area contributed by atoms with Crippen molar-refractivity contribution in [2.75, 3.05) is 19.8 Å². The Labute approximate surface area is 107 Å². The predicted molar refractivity (Wildman–Crippen MR) is 72.7 cm³/mol. The fraction of sp³-hybridized carbons (Fsp3) is 0.400. The summed E-state index contributed by atoms with van der Waals surface area (Å²) in [6.45, 7) is 4.66. The molecule has 3 heteroatoms. The minimum Gasteiger partial charge on any atom is -0.379 e. The molecule has 3 nitrogen and oxygen atoms in total. The lowest BCUT2D eigenvalue weighted by Crippen LogP contribution is -2.24. The number of fused-ring (bicyclic) bond motifs is 1. The summed E-state index contributed by atoms with van der Waals surface area (Å²) in [4.78, 5) is 4.80. The van der Waals surface area contributed by atoms with Gasteiger partial charge in [-0.3, -0.25) is 4.98 Å². The van der Waals surface area contributed by atoms with Crippen molar-refractivity contribution in [3.63, 3.8) is 0 Å². The molecule has 0 amide bonds. The van der Waals surface area contributed by atoms with Crippen LogP contribution in [0.5, 0.6) is 0 Å². The molecule has 2 heterocycles. The van der Waals surface area contributed by atoms with Gasteiger partial charge in [-0.05, 0) is 31.5 Å². The first-order valence-electron chi connectivity index (χ1n) is 6.52. The van der Waals surface area contributed by atoms with Gasteiger partial charge < -0.3 is 10.1 Å². The van der Waals surface area contributed by atoms with E-state index in [0.717, 1.165) is 30.8 Å². The van der Waals surface area contributed by atoms with Gasteiger partial charge in [0.05, 0.1) is 23.9 Å². The van der Waals surface area contributed by atoms with Gasteiger partial charge in [0.2, 0.25) is 0 Å². The first-order valence-corrected chi connectivity index (χ1v) is 6.52. The third kappa shape index (κ3) is 2.24. The van der Waals surface area contributed by atoms with E-state index >= 15 is 0 Å². The lowest BCUT2D eigenvalue weighted by molar-refractivity contribution is 0.131. The van der Waals surface area contributed by atoms with Crippen molar-refractivity contribution in [1.82, 2.24) is 10.3 Å². The van der Waals surface area contributed by atoms with Crippen molar-refractivity contribution >= 4 is 10.9 Å². The number of benzene rings is 1. The summed E-state index contributed by atoms with van der Waals surface area (Å²) >= 11 is 0. The average Bonchev–Trinajstić information content (AvgIpc) is 2.68. The van der Waals surface area contributed by atoms with E-state index < -0.39 is 0 Å². The Morgan fingerprint density at radius 2 is 2.22 bits per heavy atom. The summed E-state index contributed by atoms with van der Waals surface area (Å²) in [6.07, 6.45) is 1.07. The number of aryl methyl sites for hydroxylation is 1. The molecule has 1 aliphatic rings. The Morgan fingerprint density at radius 1 is 1.28 bits per heavy atom. The molecule has 1 aromatic heterocycles. The van der Waals surface area contributed by atoms with Gasteiger partial charge in [-0.2, -0.15) is 0 Å². The normalized spacial score (nSPS) is 20.8. The molecule has 1 aliphatic heterocycles. The number of pyridine rings is 1. The fourth-order valence-electron chi connectivity index (χ4n) is 2.41. The summed E-state index contributed by atoms with van der Waals surface area (Å²) in [7, 11) is 0. The molecule has 1 unspecified atom stereocenters. The predicted octanol–water partition coefficient (Wildman–Crippen LogP) is 2.59. The molecule has 18 heavy (non-hydrogen) atoms. The van der Waals surface area contributed by atoms with Crippen LogP contribution in [0.15, 0.2) is 30.3 Å². The highest BCUT2D eigenvalue weighted by Gasteiger charge is 2.15. The van der Waals surface area contributed by atoms with E-state index in [0.29, 0.717) is 6.61 Å². The van der Waals surface area contributed by atoms with Gasteiger partial charge in [-0.25, -0.2) is 0 Å². The van der Waals surface area contributed by atoms with Gasteiger partial charge in [-0.1, -0.05) is 24.3 Å². The second-order valence-corrected chi connectivity index (χ2v) is 4.82. The molecule has 0 saturated carbocycles. The highest BCUT2D eigenvalue weighted by atomic mass is 16.5. The molecule has 1 atom stereocenters. The number of rotatable bonds is 1. The second kappa shape index (κ2) is 5.04. The Kier molecular flexibility index (Phi) is 3.26. The molecule has 0 radical (unpaired) electrons. The molecule has 3 rings (SSSR count). The number of hydrogen-bond donors (Lipinski definition) is 1. The van der Waals surface area contributed by atoms with Crippen molar-refractivity contribution in [1.29, 1.82) is 0 Å². The maximum Gasteiger partial charge on any atom is 0.0735 e. The zero-order valence-electron chi connectivity index (χ0n) is 10.6. The fourth-order valence-corrected chi connectivity index (χ4v) is 2.41. The van der Waals surface area contributed by atoms with Crippen molar-refractivity contribution in [2.24, 2.45) is 0 Å². The third-order valence-corrected chi connectivity index (χ3v) is 3.44. The Bertz CT molecular complexity index is 545. The summed E-state index contributed by atoms with van der Waals surface area (Å²) in [5.74, 6) is 0. The van der Waals surface area contributed by atoms with E-state index in [4.69, 9.17) is 9.72 Å². The quantitative estimate of drug-likeness (QED) is 0.834. The van der Waals surface area contributed by atoms with Crippen molar-refractivity contribution in [3.8, 4) is 0 Å². The summed E-state index contributed by atoms with van der Waals surface area (Å²) < 4.78 is 5.60. The third-order valence-electron chi connectivity index (χ3n) is 3.44. The molecule has 0 aliphatic carbocycles. The van der Waals surface area contributed by atoms with E-state index in [2.05, 4.69) is 42.6 Å². The minimum absolute atomic E-state index is 0.219. The second-order valence-electron chi connectivity index (χ2n) is 4.82. The summed E-state index contributed by atoms with van der Waals surface area (Å²) in [5, 5.41) is 4.70. The average molecular weight is 242 g/mol. The smallest absolute Gasteiger partial charge is 0.0735 e. The summed E-state index contributed by atoms with van der Waals surface area (Å²) in [6, 6.07) is 10.8. The zero-order valence-corrected chi connectivity index (χ0v) is 10.6. The van der Waals surface area contributed by atoms with Gasteiger partial charge in [-0.15, -0.1) is 0 Å². The number of nitrogens with one attached hydrogen (secondary N) is 1. The Hall–Kier alpha value is -1.45. The van der Waals surface area contributed by atoms with Gasteiger partial charge in [0.15, 0.2) is 0 Å². The monoisotopic (exact) mass is 242 g/mol. The molecule has 0 spiro atoms. The number of nitrogens with zero attached hydrogens (tertiary/aromatic N) is 1. The lowest BCUT2D eigenvalue weighted by Gasteiger charge is -2.15. The highest BCUT2D eigenvalue weighted by molar-refractivity contribution is 5.81. The molecule has 1 N–H and O–H groups in total. The van der Waals surface area contributed by atoms with Crippen LogP contribution in [0.3, 0.4) is 0 Å². The molecular formula is C15H18N2O. The van der Waals surface area contributed by atoms with Gasteiger partial charge in [0.1, 0.15) is 0 Å². The molecular weight excluding hydrogens is 224 g/mol. The minimum atomic E-state index is 0.219. The molecule has 1 aromatic carbocycles. The van der Waals surface area contributed by atoms with Crippen LogP contribution < -0.4 is 5.32 Å². The van der Waals surface area contributed by atoms with Gasteiger partial charge in [0.25, 0.3) is 0 Å². The van der Waals surface area contributed by atoms with E-state index in [1.54, 1.807) is 0 Å². The Balaban J connectivity index is 1.99. The maximum atomic E-state index is 5.60. The molecule has 94 valence electrons. The highest BCUT2D eigenvalue weighted by Crippen LogP contribution is 2.20. The van der Waals surface area contributed by atoms with Crippen LogP contribution in [0.4, 0.5) is 0 Å². The van der Waals surface area contributed by atoms with Crippen molar-refractivity contribution in [3.05, 3.63) is 41.6 Å². The molecule has 1 saturated heterocycles. The first kappa shape index (κ1) is 11.6. The summed E-state index contributed by atoms with van der Waals surface area (Å²) in [5.41, 5.74) is 3.41. The lowest BCUT2D eigenvalue weighted by atomic mass is 10.1. The maximum absolute atomic E-state index is 5.60. The van der Waals surface area contributed by atoms with Crippen LogP contribution in [0.25, 0.3) is 10.9 Å². The zero-order chi connectivity index (χ0) is 12.4. The SMILES string of the molecule is Cc1cccc2ccc(C3COCCCN3)nc12. The largest absolute Gasteiger partial charge is 0.379 e. The van der Waals surface area contributed by atoms with Crippen LogP contribution in [0, 0.1) is 6.92 Å². The van der Waals surface area contributed by atoms with Crippen molar-refractivity contribution in [2.45, 2.75) is 19.4 Å². The number of para-hydroxylation sites is 1. The molecule has 1 fully saturated rings. The van der Waals surface area contributed by atoms with Crippen LogP contribution in [0.1, 0.15) is 23.7 Å². The van der Waals surface area contributed by atoms with E-state index in [1.165, 1.54) is 10.9 Å². The van der Waals surface area contributed by atoms with E-state index in [1.807, 2.05) is 0 Å². The number of ether oxygens (including phenoxy) is 1. The number of hydrogen-bond acceptors (Lipinski definition) is 3. The van der Waals surface area contributed by atoms with Gasteiger partial charge in [0, 0.05) is 12.0 Å². The standard InChI is InChI=1S/C15H18N2O/c1-11-4-2-5-12-6-7-13(17-15(11)12)14-10-18-9-3-8-16-14/h2,4-7,14,16H,3,8-10H2,1H3. The van der Waals surface area contributed by atoms with Gasteiger partial charge >= 0.3 is 0 Å². The topological polar surface area (TPSA) is 34.1 Å². The number of aromatic nitrogens is 1. The van der Waals surface area contributed by atoms with E-state index in [9.17, 15) is 0 Å². The Morgan fingerprint density at radius 3 is 3.17 bits per heavy atom. The van der Waals surface area contributed by atoms with Crippen LogP contribution >= 0.6 is 0 Å².